The average molecular weight is 292 g/mol. The zero-order valence-electron chi connectivity index (χ0n) is 13.4. The SMILES string of the molecule is CCCC(C#N)N1CCN(C(=O)N2CCC(C)CC2)CC1. The highest BCUT2D eigenvalue weighted by Gasteiger charge is 2.29. The van der Waals surface area contributed by atoms with E-state index in [2.05, 4.69) is 24.8 Å². The first kappa shape index (κ1) is 16.1. The largest absolute Gasteiger partial charge is 0.325 e. The van der Waals surface area contributed by atoms with E-state index >= 15 is 0 Å². The summed E-state index contributed by atoms with van der Waals surface area (Å²) in [6.45, 7) is 9.34. The van der Waals surface area contributed by atoms with Gasteiger partial charge in [-0.2, -0.15) is 5.26 Å². The van der Waals surface area contributed by atoms with Crippen molar-refractivity contribution in [3.05, 3.63) is 0 Å². The molecule has 0 aliphatic carbocycles. The van der Waals surface area contributed by atoms with Gasteiger partial charge in [0.1, 0.15) is 0 Å². The smallest absolute Gasteiger partial charge is 0.320 e. The lowest BCUT2D eigenvalue weighted by molar-refractivity contribution is 0.0923. The molecule has 2 aliphatic rings. The van der Waals surface area contributed by atoms with Gasteiger partial charge in [-0.15, -0.1) is 0 Å². The Kier molecular flexibility index (Phi) is 5.86. The van der Waals surface area contributed by atoms with Gasteiger partial charge in [-0.1, -0.05) is 20.3 Å². The fourth-order valence-electron chi connectivity index (χ4n) is 3.23. The van der Waals surface area contributed by atoms with Crippen molar-refractivity contribution in [2.24, 2.45) is 5.92 Å². The normalized spacial score (nSPS) is 22.9. The van der Waals surface area contributed by atoms with Crippen molar-refractivity contribution in [3.8, 4) is 6.07 Å². The maximum atomic E-state index is 12.5. The van der Waals surface area contributed by atoms with Crippen LogP contribution in [0.25, 0.3) is 0 Å². The van der Waals surface area contributed by atoms with Gasteiger partial charge in [0.25, 0.3) is 0 Å². The standard InChI is InChI=1S/C16H28N4O/c1-3-4-15(13-17)18-9-11-20(12-10-18)16(21)19-7-5-14(2)6-8-19/h14-15H,3-12H2,1-2H3. The molecule has 5 nitrogen and oxygen atoms in total. The fourth-order valence-corrected chi connectivity index (χ4v) is 3.23. The number of rotatable bonds is 3. The summed E-state index contributed by atoms with van der Waals surface area (Å²) in [4.78, 5) is 18.7. The third kappa shape index (κ3) is 4.10. The number of carbonyl (C=O) groups is 1. The van der Waals surface area contributed by atoms with E-state index < -0.39 is 0 Å². The number of urea groups is 1. The summed E-state index contributed by atoms with van der Waals surface area (Å²) in [5.41, 5.74) is 0. The van der Waals surface area contributed by atoms with Crippen LogP contribution in [0.15, 0.2) is 0 Å². The van der Waals surface area contributed by atoms with Crippen LogP contribution in [0.4, 0.5) is 4.79 Å². The molecule has 2 heterocycles. The number of piperazine rings is 1. The number of piperidine rings is 1. The summed E-state index contributed by atoms with van der Waals surface area (Å²) < 4.78 is 0. The molecule has 2 fully saturated rings. The van der Waals surface area contributed by atoms with Crippen molar-refractivity contribution in [2.75, 3.05) is 39.3 Å². The number of nitrogens with zero attached hydrogens (tertiary/aromatic N) is 4. The van der Waals surface area contributed by atoms with E-state index in [1.165, 1.54) is 0 Å². The minimum atomic E-state index is 0.0167. The third-order valence-corrected chi connectivity index (χ3v) is 4.79. The molecule has 2 amide bonds. The van der Waals surface area contributed by atoms with E-state index in [1.807, 2.05) is 9.80 Å². The Balaban J connectivity index is 1.80. The minimum Gasteiger partial charge on any atom is -0.325 e. The van der Waals surface area contributed by atoms with Crippen LogP contribution in [0.5, 0.6) is 0 Å². The topological polar surface area (TPSA) is 50.6 Å². The summed E-state index contributed by atoms with van der Waals surface area (Å²) in [6, 6.07) is 2.61. The van der Waals surface area contributed by atoms with E-state index in [1.54, 1.807) is 0 Å². The molecule has 2 saturated heterocycles. The second-order valence-corrected chi connectivity index (χ2v) is 6.41. The Bertz CT molecular complexity index is 376. The fraction of sp³-hybridized carbons (Fsp3) is 0.875. The van der Waals surface area contributed by atoms with Gasteiger partial charge in [-0.25, -0.2) is 4.79 Å². The van der Waals surface area contributed by atoms with E-state index in [9.17, 15) is 10.1 Å². The van der Waals surface area contributed by atoms with Crippen LogP contribution in [-0.2, 0) is 0 Å². The van der Waals surface area contributed by atoms with Crippen LogP contribution >= 0.6 is 0 Å². The predicted molar refractivity (Wildman–Crippen MR) is 82.8 cm³/mol. The zero-order chi connectivity index (χ0) is 15.2. The molecule has 5 heteroatoms. The summed E-state index contributed by atoms with van der Waals surface area (Å²) in [5, 5.41) is 9.23. The van der Waals surface area contributed by atoms with Crippen LogP contribution in [0.1, 0.15) is 39.5 Å². The highest BCUT2D eigenvalue weighted by atomic mass is 16.2. The van der Waals surface area contributed by atoms with E-state index in [0.717, 1.165) is 70.9 Å². The number of likely N-dealkylation sites (tertiary alicyclic amines) is 1. The molecule has 2 aliphatic heterocycles. The predicted octanol–water partition coefficient (Wildman–Crippen LogP) is 2.15. The number of hydrogen-bond donors (Lipinski definition) is 0. The van der Waals surface area contributed by atoms with Gasteiger partial charge in [0.2, 0.25) is 0 Å². The van der Waals surface area contributed by atoms with Gasteiger partial charge in [-0.05, 0) is 25.2 Å². The van der Waals surface area contributed by atoms with Crippen molar-refractivity contribution in [2.45, 2.75) is 45.6 Å². The van der Waals surface area contributed by atoms with E-state index in [4.69, 9.17) is 0 Å². The first-order valence-corrected chi connectivity index (χ1v) is 8.33. The average Bonchev–Trinajstić information content (AvgIpc) is 2.53. The Morgan fingerprint density at radius 2 is 1.71 bits per heavy atom. The molecule has 0 aromatic heterocycles. The number of nitriles is 1. The summed E-state index contributed by atoms with van der Waals surface area (Å²) in [7, 11) is 0. The van der Waals surface area contributed by atoms with Gasteiger partial charge < -0.3 is 9.80 Å². The zero-order valence-corrected chi connectivity index (χ0v) is 13.4. The molecule has 1 atom stereocenters. The Hall–Kier alpha value is -1.28. The second kappa shape index (κ2) is 7.65. The van der Waals surface area contributed by atoms with Crippen LogP contribution in [-0.4, -0.2) is 66.0 Å². The van der Waals surface area contributed by atoms with Crippen LogP contribution in [0, 0.1) is 17.2 Å². The summed E-state index contributed by atoms with van der Waals surface area (Å²) >= 11 is 0. The molecule has 0 saturated carbocycles. The molecule has 0 spiro atoms. The first-order valence-electron chi connectivity index (χ1n) is 8.33. The van der Waals surface area contributed by atoms with Crippen molar-refractivity contribution in [1.82, 2.24) is 14.7 Å². The Labute approximate surface area is 128 Å². The van der Waals surface area contributed by atoms with Gasteiger partial charge in [0, 0.05) is 39.3 Å². The van der Waals surface area contributed by atoms with Gasteiger partial charge in [0.05, 0.1) is 12.1 Å². The quantitative estimate of drug-likeness (QED) is 0.801. The van der Waals surface area contributed by atoms with Crippen molar-refractivity contribution in [3.63, 3.8) is 0 Å². The lowest BCUT2D eigenvalue weighted by Crippen LogP contribution is -2.55. The maximum Gasteiger partial charge on any atom is 0.320 e. The maximum absolute atomic E-state index is 12.5. The molecule has 0 radical (unpaired) electrons. The molecule has 0 bridgehead atoms. The Morgan fingerprint density at radius 1 is 1.14 bits per heavy atom. The molecular formula is C16H28N4O. The molecule has 21 heavy (non-hydrogen) atoms. The minimum absolute atomic E-state index is 0.0167. The lowest BCUT2D eigenvalue weighted by Gasteiger charge is -2.40. The second-order valence-electron chi connectivity index (χ2n) is 6.41. The highest BCUT2D eigenvalue weighted by Crippen LogP contribution is 2.18. The van der Waals surface area contributed by atoms with Crippen molar-refractivity contribution in [1.29, 1.82) is 5.26 Å². The lowest BCUT2D eigenvalue weighted by atomic mass is 9.99. The molecule has 0 aromatic carbocycles. The molecule has 1 unspecified atom stereocenters. The number of carbonyl (C=O) groups excluding carboxylic acids is 1. The monoisotopic (exact) mass is 292 g/mol. The Morgan fingerprint density at radius 3 is 2.24 bits per heavy atom. The van der Waals surface area contributed by atoms with Crippen LogP contribution < -0.4 is 0 Å². The third-order valence-electron chi connectivity index (χ3n) is 4.79. The molecule has 2 rings (SSSR count). The van der Waals surface area contributed by atoms with E-state index in [-0.39, 0.29) is 12.1 Å². The number of hydrogen-bond acceptors (Lipinski definition) is 3. The number of amides is 2. The van der Waals surface area contributed by atoms with Gasteiger partial charge in [-0.3, -0.25) is 4.90 Å². The van der Waals surface area contributed by atoms with E-state index in [0.29, 0.717) is 0 Å². The summed E-state index contributed by atoms with van der Waals surface area (Å²) in [5.74, 6) is 0.747. The van der Waals surface area contributed by atoms with Crippen molar-refractivity contribution >= 4 is 6.03 Å². The summed E-state index contributed by atoms with van der Waals surface area (Å²) in [6.07, 6.45) is 4.20. The molecule has 118 valence electrons. The molecular weight excluding hydrogens is 264 g/mol. The highest BCUT2D eigenvalue weighted by molar-refractivity contribution is 5.74. The van der Waals surface area contributed by atoms with Gasteiger partial charge in [0.15, 0.2) is 0 Å². The van der Waals surface area contributed by atoms with Crippen LogP contribution in [0.3, 0.4) is 0 Å². The van der Waals surface area contributed by atoms with Crippen LogP contribution in [0.2, 0.25) is 0 Å². The molecule has 0 aromatic rings. The van der Waals surface area contributed by atoms with Gasteiger partial charge >= 0.3 is 6.03 Å². The first-order chi connectivity index (χ1) is 10.2. The van der Waals surface area contributed by atoms with Crippen molar-refractivity contribution < 1.29 is 4.79 Å². The molecule has 0 N–H and O–H groups in total.